The van der Waals surface area contributed by atoms with Gasteiger partial charge in [-0.25, -0.2) is 14.4 Å². The number of hydrogen-bond acceptors (Lipinski definition) is 10. The second-order valence-electron chi connectivity index (χ2n) is 8.87. The molecular formula is C33H34O10. The van der Waals surface area contributed by atoms with Gasteiger partial charge < -0.3 is 33.2 Å². The van der Waals surface area contributed by atoms with Crippen molar-refractivity contribution < 1.29 is 47.5 Å². The lowest BCUT2D eigenvalue weighted by molar-refractivity contribution is -0.138. The van der Waals surface area contributed by atoms with Crippen LogP contribution in [0, 0.1) is 6.92 Å². The Kier molecular flexibility index (Phi) is 13.2. The van der Waals surface area contributed by atoms with Crippen molar-refractivity contribution in [1.29, 1.82) is 0 Å². The summed E-state index contributed by atoms with van der Waals surface area (Å²) in [5, 5.41) is 0. The third-order valence-electron chi connectivity index (χ3n) is 5.65. The Bertz CT molecular complexity index is 1360. The Balaban J connectivity index is 1.37. The van der Waals surface area contributed by atoms with Gasteiger partial charge in [-0.1, -0.05) is 13.2 Å². The van der Waals surface area contributed by atoms with E-state index in [0.29, 0.717) is 65.9 Å². The van der Waals surface area contributed by atoms with Crippen LogP contribution in [0.4, 0.5) is 0 Å². The van der Waals surface area contributed by atoms with Gasteiger partial charge in [-0.2, -0.15) is 0 Å². The Hall–Kier alpha value is -5.25. The predicted molar refractivity (Wildman–Crippen MR) is 158 cm³/mol. The largest absolute Gasteiger partial charge is 0.493 e. The first-order chi connectivity index (χ1) is 20.9. The first-order valence-corrected chi connectivity index (χ1v) is 13.5. The first kappa shape index (κ1) is 32.3. The van der Waals surface area contributed by atoms with Gasteiger partial charge >= 0.3 is 17.9 Å². The van der Waals surface area contributed by atoms with Crippen molar-refractivity contribution in [3.63, 3.8) is 0 Å². The van der Waals surface area contributed by atoms with Crippen LogP contribution >= 0.6 is 0 Å². The Morgan fingerprint density at radius 3 is 1.60 bits per heavy atom. The molecule has 0 unspecified atom stereocenters. The molecule has 0 N–H and O–H groups in total. The highest BCUT2D eigenvalue weighted by atomic mass is 16.7. The molecule has 0 aliphatic rings. The smallest absolute Gasteiger partial charge is 0.343 e. The molecule has 0 aromatic heterocycles. The van der Waals surface area contributed by atoms with Crippen LogP contribution in [0.2, 0.25) is 0 Å². The molecule has 226 valence electrons. The van der Waals surface area contributed by atoms with E-state index in [2.05, 4.69) is 13.2 Å². The molecule has 0 aliphatic heterocycles. The van der Waals surface area contributed by atoms with Crippen LogP contribution < -0.4 is 23.7 Å². The SMILES string of the molecule is C=CC(=O)OCCCOc1ccc(OCOc2ccc(OC(=O)c3ccc(OCCCOC(=O)C=C)cc3)c(C)c2)cc1. The molecule has 0 heterocycles. The van der Waals surface area contributed by atoms with E-state index < -0.39 is 17.9 Å². The summed E-state index contributed by atoms with van der Waals surface area (Å²) in [5.41, 5.74) is 1.08. The van der Waals surface area contributed by atoms with Crippen molar-refractivity contribution in [3.8, 4) is 28.7 Å². The molecule has 10 nitrogen and oxygen atoms in total. The van der Waals surface area contributed by atoms with Gasteiger partial charge in [0.25, 0.3) is 0 Å². The second-order valence-corrected chi connectivity index (χ2v) is 8.87. The number of benzene rings is 3. The Morgan fingerprint density at radius 1 is 0.628 bits per heavy atom. The Labute approximate surface area is 250 Å². The van der Waals surface area contributed by atoms with Gasteiger partial charge in [0.15, 0.2) is 0 Å². The molecule has 0 saturated heterocycles. The highest BCUT2D eigenvalue weighted by Crippen LogP contribution is 2.25. The second kappa shape index (κ2) is 17.5. The van der Waals surface area contributed by atoms with Crippen LogP contribution in [0.25, 0.3) is 0 Å². The molecule has 10 heteroatoms. The summed E-state index contributed by atoms with van der Waals surface area (Å²) in [4.78, 5) is 34.7. The molecule has 0 fully saturated rings. The molecule has 0 saturated carbocycles. The molecule has 0 aliphatic carbocycles. The maximum atomic E-state index is 12.6. The zero-order valence-electron chi connectivity index (χ0n) is 24.0. The fraction of sp³-hybridized carbons (Fsp3) is 0.242. The summed E-state index contributed by atoms with van der Waals surface area (Å²) >= 11 is 0. The highest BCUT2D eigenvalue weighted by Gasteiger charge is 2.12. The molecule has 3 rings (SSSR count). The third-order valence-corrected chi connectivity index (χ3v) is 5.65. The summed E-state index contributed by atoms with van der Waals surface area (Å²) in [6.07, 6.45) is 3.32. The number of hydrogen-bond donors (Lipinski definition) is 0. The van der Waals surface area contributed by atoms with Crippen LogP contribution in [0.1, 0.15) is 28.8 Å². The molecule has 0 amide bonds. The molecule has 43 heavy (non-hydrogen) atoms. The highest BCUT2D eigenvalue weighted by molar-refractivity contribution is 5.91. The first-order valence-electron chi connectivity index (χ1n) is 13.5. The molecular weight excluding hydrogens is 556 g/mol. The van der Waals surface area contributed by atoms with E-state index in [4.69, 9.17) is 33.2 Å². The number of rotatable bonds is 18. The van der Waals surface area contributed by atoms with Gasteiger partial charge in [0, 0.05) is 25.0 Å². The van der Waals surface area contributed by atoms with Gasteiger partial charge in [0.1, 0.15) is 28.7 Å². The number of carbonyl (C=O) groups excluding carboxylic acids is 3. The average molecular weight is 591 g/mol. The maximum Gasteiger partial charge on any atom is 0.343 e. The quantitative estimate of drug-likeness (QED) is 0.0607. The molecule has 0 bridgehead atoms. The van der Waals surface area contributed by atoms with Crippen molar-refractivity contribution in [2.75, 3.05) is 33.2 Å². The van der Waals surface area contributed by atoms with E-state index in [1.54, 1.807) is 66.7 Å². The van der Waals surface area contributed by atoms with Crippen molar-refractivity contribution in [2.24, 2.45) is 0 Å². The van der Waals surface area contributed by atoms with Crippen LogP contribution in [-0.2, 0) is 19.1 Å². The predicted octanol–water partition coefficient (Wildman–Crippen LogP) is 5.63. The number of carbonyl (C=O) groups is 3. The fourth-order valence-corrected chi connectivity index (χ4v) is 3.43. The Morgan fingerprint density at radius 2 is 1.09 bits per heavy atom. The van der Waals surface area contributed by atoms with E-state index in [1.807, 2.05) is 6.92 Å². The van der Waals surface area contributed by atoms with E-state index in [9.17, 15) is 14.4 Å². The number of esters is 3. The summed E-state index contributed by atoms with van der Waals surface area (Å²) < 4.78 is 37.8. The van der Waals surface area contributed by atoms with Crippen LogP contribution in [0.5, 0.6) is 28.7 Å². The summed E-state index contributed by atoms with van der Waals surface area (Å²) in [7, 11) is 0. The maximum absolute atomic E-state index is 12.6. The van der Waals surface area contributed by atoms with Crippen molar-refractivity contribution >= 4 is 17.9 Å². The summed E-state index contributed by atoms with van der Waals surface area (Å²) in [5.74, 6) is 1.36. The molecule has 3 aromatic rings. The molecule has 0 spiro atoms. The van der Waals surface area contributed by atoms with E-state index in [1.165, 1.54) is 0 Å². The fourth-order valence-electron chi connectivity index (χ4n) is 3.43. The van der Waals surface area contributed by atoms with Crippen LogP contribution in [-0.4, -0.2) is 51.1 Å². The van der Waals surface area contributed by atoms with Crippen LogP contribution in [0.3, 0.4) is 0 Å². The lowest BCUT2D eigenvalue weighted by Crippen LogP contribution is -2.10. The normalized spacial score (nSPS) is 10.2. The minimum Gasteiger partial charge on any atom is -0.493 e. The van der Waals surface area contributed by atoms with Crippen molar-refractivity contribution in [3.05, 3.63) is 103 Å². The van der Waals surface area contributed by atoms with Crippen molar-refractivity contribution in [1.82, 2.24) is 0 Å². The molecule has 3 aromatic carbocycles. The van der Waals surface area contributed by atoms with Gasteiger partial charge in [-0.05, 0) is 79.2 Å². The van der Waals surface area contributed by atoms with E-state index in [0.717, 1.165) is 12.2 Å². The monoisotopic (exact) mass is 590 g/mol. The molecule has 0 radical (unpaired) electrons. The van der Waals surface area contributed by atoms with Gasteiger partial charge in [0.05, 0.1) is 32.0 Å². The third kappa shape index (κ3) is 11.6. The average Bonchev–Trinajstić information content (AvgIpc) is 3.02. The van der Waals surface area contributed by atoms with Gasteiger partial charge in [0.2, 0.25) is 6.79 Å². The van der Waals surface area contributed by atoms with Gasteiger partial charge in [-0.15, -0.1) is 0 Å². The standard InChI is InChI=1S/C33H34O10/c1-4-31(34)39-20-6-18-37-26-10-8-25(9-11-26)33(36)43-30-17-16-29(22-24(30)3)42-23-41-28-14-12-27(13-15-28)38-19-7-21-40-32(35)5-2/h4-5,8-17,22H,1-2,6-7,18-21,23H2,3H3. The summed E-state index contributed by atoms with van der Waals surface area (Å²) in [6, 6.07) is 18.7. The molecule has 0 atom stereocenters. The zero-order valence-corrected chi connectivity index (χ0v) is 24.0. The number of aryl methyl sites for hydroxylation is 1. The minimum absolute atomic E-state index is 0.0260. The van der Waals surface area contributed by atoms with E-state index >= 15 is 0 Å². The topological polar surface area (TPSA) is 116 Å². The lowest BCUT2D eigenvalue weighted by Gasteiger charge is -2.12. The zero-order chi connectivity index (χ0) is 30.9. The van der Waals surface area contributed by atoms with Crippen molar-refractivity contribution in [2.45, 2.75) is 19.8 Å². The van der Waals surface area contributed by atoms with Gasteiger partial charge in [-0.3, -0.25) is 0 Å². The number of ether oxygens (including phenoxy) is 7. The van der Waals surface area contributed by atoms with E-state index in [-0.39, 0.29) is 20.0 Å². The van der Waals surface area contributed by atoms with Crippen LogP contribution in [0.15, 0.2) is 92.0 Å². The minimum atomic E-state index is -0.508. The lowest BCUT2D eigenvalue weighted by atomic mass is 10.2. The summed E-state index contributed by atoms with van der Waals surface area (Å²) in [6.45, 7) is 9.71.